The smallest absolute Gasteiger partial charge is 0.150 e. The van der Waals surface area contributed by atoms with Crippen molar-refractivity contribution in [3.8, 4) is 0 Å². The second-order valence-electron chi connectivity index (χ2n) is 7.21. The van der Waals surface area contributed by atoms with Crippen LogP contribution in [0.1, 0.15) is 51.3 Å². The number of rotatable bonds is 8. The molecule has 0 bridgehead atoms. The molecule has 2 rings (SSSR count). The summed E-state index contributed by atoms with van der Waals surface area (Å²) in [5, 5.41) is 14.9. The highest BCUT2D eigenvalue weighted by molar-refractivity contribution is 5.59. The molecule has 0 aromatic carbocycles. The van der Waals surface area contributed by atoms with E-state index >= 15 is 0 Å². The zero-order chi connectivity index (χ0) is 18.4. The number of pyridine rings is 1. The van der Waals surface area contributed by atoms with Crippen molar-refractivity contribution in [3.05, 3.63) is 35.7 Å². The van der Waals surface area contributed by atoms with Crippen LogP contribution >= 0.6 is 0 Å². The predicted molar refractivity (Wildman–Crippen MR) is 104 cm³/mol. The molecule has 2 aromatic rings. The van der Waals surface area contributed by atoms with Crippen LogP contribution < -0.4 is 16.4 Å². The Morgan fingerprint density at radius 2 is 1.88 bits per heavy atom. The monoisotopic (exact) mass is 342 g/mol. The van der Waals surface area contributed by atoms with E-state index in [4.69, 9.17) is 10.7 Å². The second kappa shape index (κ2) is 8.76. The average molecular weight is 342 g/mol. The van der Waals surface area contributed by atoms with Crippen LogP contribution in [0.3, 0.4) is 0 Å². The van der Waals surface area contributed by atoms with E-state index in [1.807, 2.05) is 12.1 Å². The minimum atomic E-state index is 0.189. The molecule has 2 heterocycles. The Morgan fingerprint density at radius 3 is 2.52 bits per heavy atom. The fraction of sp³-hybridized carbons (Fsp3) is 0.526. The molecule has 4 N–H and O–H groups in total. The van der Waals surface area contributed by atoms with Crippen molar-refractivity contribution in [1.82, 2.24) is 15.2 Å². The van der Waals surface area contributed by atoms with Crippen molar-refractivity contribution in [3.63, 3.8) is 0 Å². The molecule has 1 atom stereocenters. The maximum Gasteiger partial charge on any atom is 0.150 e. The first-order valence-corrected chi connectivity index (χ1v) is 8.93. The van der Waals surface area contributed by atoms with Gasteiger partial charge in [0.1, 0.15) is 5.82 Å². The fourth-order valence-electron chi connectivity index (χ4n) is 2.84. The highest BCUT2D eigenvalue weighted by Crippen LogP contribution is 2.22. The van der Waals surface area contributed by atoms with Gasteiger partial charge in [0, 0.05) is 24.3 Å². The molecule has 0 amide bonds. The lowest BCUT2D eigenvalue weighted by Gasteiger charge is -2.19. The van der Waals surface area contributed by atoms with Crippen molar-refractivity contribution < 1.29 is 0 Å². The molecular formula is C19H30N6. The van der Waals surface area contributed by atoms with Crippen LogP contribution in [-0.4, -0.2) is 27.8 Å². The summed E-state index contributed by atoms with van der Waals surface area (Å²) >= 11 is 0. The second-order valence-corrected chi connectivity index (χ2v) is 7.21. The van der Waals surface area contributed by atoms with Crippen LogP contribution in [-0.2, 0) is 0 Å². The molecule has 0 aliphatic rings. The zero-order valence-electron chi connectivity index (χ0n) is 15.9. The maximum atomic E-state index is 5.85. The first-order valence-electron chi connectivity index (χ1n) is 8.93. The van der Waals surface area contributed by atoms with Gasteiger partial charge in [0.25, 0.3) is 0 Å². The minimum Gasteiger partial charge on any atom is -0.365 e. The standard InChI is InChI=1S/C19H30N6/c1-12(2)8-15(10-20)22-18-9-16(11-21-25-18)23-17-7-6-14(5)19(24-17)13(3)4/h6-7,9,11-13,15H,8,10,20H2,1-5H3,(H2,22,23,24,25). The van der Waals surface area contributed by atoms with E-state index < -0.39 is 0 Å². The summed E-state index contributed by atoms with van der Waals surface area (Å²) in [5.41, 5.74) is 9.01. The van der Waals surface area contributed by atoms with Gasteiger partial charge in [-0.05, 0) is 36.8 Å². The highest BCUT2D eigenvalue weighted by atomic mass is 15.2. The zero-order valence-corrected chi connectivity index (χ0v) is 15.9. The Kier molecular flexibility index (Phi) is 6.70. The number of anilines is 3. The maximum absolute atomic E-state index is 5.85. The quantitative estimate of drug-likeness (QED) is 0.675. The Morgan fingerprint density at radius 1 is 1.12 bits per heavy atom. The molecule has 0 saturated carbocycles. The van der Waals surface area contributed by atoms with Gasteiger partial charge in [0.2, 0.25) is 0 Å². The highest BCUT2D eigenvalue weighted by Gasteiger charge is 2.11. The molecule has 136 valence electrons. The van der Waals surface area contributed by atoms with Crippen LogP contribution in [0.15, 0.2) is 24.4 Å². The summed E-state index contributed by atoms with van der Waals surface area (Å²) in [6.45, 7) is 11.3. The molecular weight excluding hydrogens is 312 g/mol. The summed E-state index contributed by atoms with van der Waals surface area (Å²) in [7, 11) is 0. The van der Waals surface area contributed by atoms with Gasteiger partial charge >= 0.3 is 0 Å². The van der Waals surface area contributed by atoms with Gasteiger partial charge in [0.15, 0.2) is 5.82 Å². The Hall–Kier alpha value is -2.21. The van der Waals surface area contributed by atoms with E-state index in [1.54, 1.807) is 6.20 Å². The number of aromatic nitrogens is 3. The van der Waals surface area contributed by atoms with Gasteiger partial charge in [-0.3, -0.25) is 0 Å². The van der Waals surface area contributed by atoms with Gasteiger partial charge < -0.3 is 16.4 Å². The van der Waals surface area contributed by atoms with E-state index in [-0.39, 0.29) is 6.04 Å². The molecule has 0 aliphatic carbocycles. The summed E-state index contributed by atoms with van der Waals surface area (Å²) < 4.78 is 0. The molecule has 25 heavy (non-hydrogen) atoms. The van der Waals surface area contributed by atoms with E-state index in [0.29, 0.717) is 18.4 Å². The number of nitrogens with two attached hydrogens (primary N) is 1. The van der Waals surface area contributed by atoms with Gasteiger partial charge in [-0.2, -0.15) is 5.10 Å². The van der Waals surface area contributed by atoms with E-state index in [9.17, 15) is 0 Å². The van der Waals surface area contributed by atoms with E-state index in [1.165, 1.54) is 5.56 Å². The van der Waals surface area contributed by atoms with Crippen LogP contribution in [0.5, 0.6) is 0 Å². The molecule has 6 nitrogen and oxygen atoms in total. The lowest BCUT2D eigenvalue weighted by Crippen LogP contribution is -2.30. The topological polar surface area (TPSA) is 88.8 Å². The molecule has 0 fully saturated rings. The van der Waals surface area contributed by atoms with Crippen molar-refractivity contribution in [2.75, 3.05) is 17.2 Å². The van der Waals surface area contributed by atoms with Crippen LogP contribution in [0.4, 0.5) is 17.3 Å². The van der Waals surface area contributed by atoms with E-state index in [2.05, 4.69) is 61.5 Å². The number of aryl methyl sites for hydroxylation is 1. The number of nitrogens with one attached hydrogen (secondary N) is 2. The summed E-state index contributed by atoms with van der Waals surface area (Å²) in [6, 6.07) is 6.20. The SMILES string of the molecule is Cc1ccc(Nc2cnnc(NC(CN)CC(C)C)c2)nc1C(C)C. The molecule has 6 heteroatoms. The Balaban J connectivity index is 2.12. The molecule has 0 radical (unpaired) electrons. The van der Waals surface area contributed by atoms with Crippen molar-refractivity contribution >= 4 is 17.3 Å². The van der Waals surface area contributed by atoms with Crippen molar-refractivity contribution in [2.45, 2.75) is 53.0 Å². The molecule has 0 spiro atoms. The normalized spacial score (nSPS) is 12.5. The van der Waals surface area contributed by atoms with Gasteiger partial charge in [-0.1, -0.05) is 33.8 Å². The number of hydrogen-bond acceptors (Lipinski definition) is 6. The fourth-order valence-corrected chi connectivity index (χ4v) is 2.84. The molecule has 2 aromatic heterocycles. The van der Waals surface area contributed by atoms with Crippen molar-refractivity contribution in [1.29, 1.82) is 0 Å². The van der Waals surface area contributed by atoms with Gasteiger partial charge in [-0.25, -0.2) is 4.98 Å². The van der Waals surface area contributed by atoms with Crippen LogP contribution in [0, 0.1) is 12.8 Å². The molecule has 0 aliphatic heterocycles. The lowest BCUT2D eigenvalue weighted by molar-refractivity contribution is 0.520. The first-order chi connectivity index (χ1) is 11.9. The summed E-state index contributed by atoms with van der Waals surface area (Å²) in [6.07, 6.45) is 2.69. The third-order valence-electron chi connectivity index (χ3n) is 4.00. The Labute approximate surface area is 150 Å². The van der Waals surface area contributed by atoms with E-state index in [0.717, 1.165) is 29.4 Å². The van der Waals surface area contributed by atoms with Crippen LogP contribution in [0.25, 0.3) is 0 Å². The number of hydrogen-bond donors (Lipinski definition) is 3. The average Bonchev–Trinajstić information content (AvgIpc) is 2.55. The first kappa shape index (κ1) is 19.1. The summed E-state index contributed by atoms with van der Waals surface area (Å²) in [4.78, 5) is 4.71. The van der Waals surface area contributed by atoms with Crippen molar-refractivity contribution in [2.24, 2.45) is 11.7 Å². The van der Waals surface area contributed by atoms with Gasteiger partial charge in [0.05, 0.1) is 11.9 Å². The predicted octanol–water partition coefficient (Wildman–Crippen LogP) is 3.83. The summed E-state index contributed by atoms with van der Waals surface area (Å²) in [5.74, 6) is 2.49. The van der Waals surface area contributed by atoms with Gasteiger partial charge in [-0.15, -0.1) is 5.10 Å². The lowest BCUT2D eigenvalue weighted by atomic mass is 10.0. The third-order valence-corrected chi connectivity index (χ3v) is 4.00. The largest absolute Gasteiger partial charge is 0.365 e. The molecule has 0 saturated heterocycles. The molecule has 1 unspecified atom stereocenters. The van der Waals surface area contributed by atoms with Crippen LogP contribution in [0.2, 0.25) is 0 Å². The Bertz CT molecular complexity index is 683. The third kappa shape index (κ3) is 5.67. The minimum absolute atomic E-state index is 0.189. The number of nitrogens with zero attached hydrogens (tertiary/aromatic N) is 3.